The molecule has 0 aliphatic carbocycles. The van der Waals surface area contributed by atoms with Crippen molar-refractivity contribution in [3.8, 4) is 0 Å². The van der Waals surface area contributed by atoms with Gasteiger partial charge in [0.15, 0.2) is 11.2 Å². The fourth-order valence-electron chi connectivity index (χ4n) is 5.82. The van der Waals surface area contributed by atoms with Crippen molar-refractivity contribution in [2.75, 3.05) is 42.6 Å². The molecule has 2 saturated heterocycles. The SMILES string of the molecule is CCn1cc(C(=O)O)c(=O)c2cc(F)c(N3CCN(C=N[C@H]4C(=O)N5C(C(=O)O)=C(CSc6nc(=O)c(=O)[nH]n6C)CS[C@@H]45)CC3)cc21. The van der Waals surface area contributed by atoms with E-state index in [1.54, 1.807) is 23.9 Å². The van der Waals surface area contributed by atoms with E-state index in [-0.39, 0.29) is 27.7 Å². The van der Waals surface area contributed by atoms with E-state index in [0.29, 0.717) is 49.6 Å². The van der Waals surface area contributed by atoms with Gasteiger partial charge in [-0.1, -0.05) is 11.8 Å². The maximum atomic E-state index is 15.3. The number of nitrogens with zero attached hydrogens (tertiary/aromatic N) is 7. The van der Waals surface area contributed by atoms with Gasteiger partial charge in [-0.25, -0.2) is 14.0 Å². The molecule has 0 saturated carbocycles. The van der Waals surface area contributed by atoms with Gasteiger partial charge in [0.25, 0.3) is 5.91 Å². The van der Waals surface area contributed by atoms with Gasteiger partial charge < -0.3 is 24.6 Å². The summed E-state index contributed by atoms with van der Waals surface area (Å²) in [6, 6.07) is 1.87. The van der Waals surface area contributed by atoms with Crippen molar-refractivity contribution < 1.29 is 29.0 Å². The Hall–Kier alpha value is -4.91. The summed E-state index contributed by atoms with van der Waals surface area (Å²) < 4.78 is 18.1. The number of anilines is 1. The zero-order valence-electron chi connectivity index (χ0n) is 25.6. The second-order valence-electron chi connectivity index (χ2n) is 11.2. The molecule has 2 fully saturated rings. The molecule has 1 aromatic carbocycles. The third-order valence-corrected chi connectivity index (χ3v) is 10.8. The number of aryl methyl sites for hydroxylation is 2. The van der Waals surface area contributed by atoms with Crippen LogP contribution >= 0.6 is 23.5 Å². The zero-order chi connectivity index (χ0) is 34.4. The van der Waals surface area contributed by atoms with Crippen LogP contribution in [0.2, 0.25) is 0 Å². The molecular weight excluding hydrogens is 671 g/mol. The number of aliphatic carboxylic acids is 1. The molecule has 19 heteroatoms. The molecule has 16 nitrogen and oxygen atoms in total. The molecule has 3 aromatic rings. The van der Waals surface area contributed by atoms with Crippen LogP contribution in [0.3, 0.4) is 0 Å². The van der Waals surface area contributed by atoms with E-state index in [4.69, 9.17) is 0 Å². The first-order valence-corrected chi connectivity index (χ1v) is 16.8. The third kappa shape index (κ3) is 5.87. The highest BCUT2D eigenvalue weighted by atomic mass is 32.2. The van der Waals surface area contributed by atoms with Gasteiger partial charge >= 0.3 is 23.1 Å². The van der Waals surface area contributed by atoms with Gasteiger partial charge in [-0.2, -0.15) is 4.98 Å². The number of aromatic amines is 1. The number of nitrogens with one attached hydrogen (secondary N) is 1. The van der Waals surface area contributed by atoms with Gasteiger partial charge in [0, 0.05) is 62.9 Å². The molecule has 3 aliphatic rings. The standard InChI is InChI=1S/C29H29FN8O8S2/c1-3-36-10-16(27(43)44)22(39)15-8-17(30)19(9-18(15)36)37-6-4-35(5-7-37)13-31-20-25(42)38-21(28(45)46)14(11-47-26(20)38)12-48-29-32-23(40)24(41)33-34(29)2/h8-10,13,20,26H,3-7,11-12H2,1-2H3,(H,33,41)(H,43,44)(H,45,46)/t20-,26-/m0/s1. The van der Waals surface area contributed by atoms with Gasteiger partial charge in [0.1, 0.15) is 22.5 Å². The molecule has 1 amide bonds. The number of β-lactam (4-membered cyclic amide) rings is 1. The quantitative estimate of drug-likeness (QED) is 0.0899. The van der Waals surface area contributed by atoms with Crippen LogP contribution in [0.15, 0.2) is 54.1 Å². The van der Waals surface area contributed by atoms with Crippen molar-refractivity contribution in [2.24, 2.45) is 12.0 Å². The second-order valence-corrected chi connectivity index (χ2v) is 13.2. The largest absolute Gasteiger partial charge is 0.477 e. The Kier molecular flexibility index (Phi) is 8.90. The Bertz CT molecular complexity index is 2100. The smallest absolute Gasteiger partial charge is 0.352 e. The first-order valence-electron chi connectivity index (χ1n) is 14.7. The van der Waals surface area contributed by atoms with Gasteiger partial charge in [-0.3, -0.25) is 38.9 Å². The number of aromatic carboxylic acids is 1. The molecular formula is C29H29FN8O8S2. The van der Waals surface area contributed by atoms with Crippen molar-refractivity contribution in [1.29, 1.82) is 0 Å². The van der Waals surface area contributed by atoms with Gasteiger partial charge in [0.2, 0.25) is 5.43 Å². The molecule has 0 bridgehead atoms. The number of carbonyl (C=O) groups is 3. The molecule has 2 aromatic heterocycles. The second kappa shape index (κ2) is 12.9. The fourth-order valence-corrected chi connectivity index (χ4v) is 8.22. The minimum absolute atomic E-state index is 0.00644. The van der Waals surface area contributed by atoms with E-state index in [1.807, 2.05) is 9.80 Å². The molecule has 48 heavy (non-hydrogen) atoms. The van der Waals surface area contributed by atoms with E-state index in [0.717, 1.165) is 17.8 Å². The van der Waals surface area contributed by atoms with E-state index in [1.165, 1.54) is 34.6 Å². The number of H-pyrrole nitrogens is 1. The number of carboxylic acids is 2. The monoisotopic (exact) mass is 700 g/mol. The average Bonchev–Trinajstić information content (AvgIpc) is 3.05. The molecule has 2 atom stereocenters. The van der Waals surface area contributed by atoms with Crippen LogP contribution in [0.5, 0.6) is 0 Å². The summed E-state index contributed by atoms with van der Waals surface area (Å²) in [6.45, 7) is 3.89. The summed E-state index contributed by atoms with van der Waals surface area (Å²) in [6.07, 6.45) is 2.83. The van der Waals surface area contributed by atoms with Crippen LogP contribution in [0.25, 0.3) is 10.9 Å². The fraction of sp³-hybridized carbons (Fsp3) is 0.379. The highest BCUT2D eigenvalue weighted by molar-refractivity contribution is 8.01. The normalized spacial score (nSPS) is 19.6. The molecule has 0 unspecified atom stereocenters. The lowest BCUT2D eigenvalue weighted by Gasteiger charge is -2.48. The minimum Gasteiger partial charge on any atom is -0.477 e. The number of benzene rings is 1. The predicted molar refractivity (Wildman–Crippen MR) is 175 cm³/mol. The van der Waals surface area contributed by atoms with E-state index < -0.39 is 57.2 Å². The number of halogens is 1. The van der Waals surface area contributed by atoms with Gasteiger partial charge in [-0.15, -0.1) is 11.8 Å². The summed E-state index contributed by atoms with van der Waals surface area (Å²) in [7, 11) is 1.50. The Balaban J connectivity index is 1.11. The Morgan fingerprint density at radius 3 is 2.54 bits per heavy atom. The predicted octanol–water partition coefficient (Wildman–Crippen LogP) is 0.206. The maximum absolute atomic E-state index is 15.3. The number of pyridine rings is 1. The summed E-state index contributed by atoms with van der Waals surface area (Å²) >= 11 is 2.45. The molecule has 5 heterocycles. The number of hydrogen-bond donors (Lipinski definition) is 3. The third-order valence-electron chi connectivity index (χ3n) is 8.31. The van der Waals surface area contributed by atoms with Crippen molar-refractivity contribution >= 4 is 64.3 Å². The average molecular weight is 701 g/mol. The van der Waals surface area contributed by atoms with Crippen molar-refractivity contribution in [1.82, 2.24) is 29.1 Å². The lowest BCUT2D eigenvalue weighted by Crippen LogP contribution is -2.64. The number of hydrogen-bond acceptors (Lipinski definition) is 11. The molecule has 3 aliphatic heterocycles. The maximum Gasteiger partial charge on any atom is 0.352 e. The van der Waals surface area contributed by atoms with Gasteiger partial charge in [0.05, 0.1) is 17.5 Å². The van der Waals surface area contributed by atoms with E-state index in [9.17, 15) is 39.0 Å². The van der Waals surface area contributed by atoms with Crippen molar-refractivity contribution in [2.45, 2.75) is 30.0 Å². The molecule has 6 rings (SSSR count). The number of aromatic nitrogens is 4. The highest BCUT2D eigenvalue weighted by Crippen LogP contribution is 2.42. The molecule has 0 radical (unpaired) electrons. The number of thioether (sulfide) groups is 2. The number of carboxylic acid groups (broad SMARTS) is 2. The first kappa shape index (κ1) is 33.0. The van der Waals surface area contributed by atoms with Crippen LogP contribution in [0.1, 0.15) is 17.3 Å². The molecule has 0 spiro atoms. The number of fused-ring (bicyclic) bond motifs is 2. The van der Waals surface area contributed by atoms with Crippen molar-refractivity contribution in [3.05, 3.63) is 71.9 Å². The number of amides is 1. The number of aliphatic imine (C=N–C) groups is 1. The van der Waals surface area contributed by atoms with Crippen molar-refractivity contribution in [3.63, 3.8) is 0 Å². The number of piperazine rings is 1. The molecule has 3 N–H and O–H groups in total. The Morgan fingerprint density at radius 2 is 1.88 bits per heavy atom. The first-order chi connectivity index (χ1) is 22.9. The van der Waals surface area contributed by atoms with Crippen LogP contribution in [0, 0.1) is 5.82 Å². The number of rotatable bonds is 9. The van der Waals surface area contributed by atoms with Crippen LogP contribution in [0.4, 0.5) is 10.1 Å². The Labute approximate surface area is 278 Å². The lowest BCUT2D eigenvalue weighted by atomic mass is 10.0. The van der Waals surface area contributed by atoms with Crippen LogP contribution in [-0.2, 0) is 23.2 Å². The summed E-state index contributed by atoms with van der Waals surface area (Å²) in [5.74, 6) is -3.29. The lowest BCUT2D eigenvalue weighted by molar-refractivity contribution is -0.147. The minimum atomic E-state index is -1.38. The van der Waals surface area contributed by atoms with E-state index >= 15 is 4.39 Å². The summed E-state index contributed by atoms with van der Waals surface area (Å²) in [5.41, 5.74) is -1.93. The highest BCUT2D eigenvalue weighted by Gasteiger charge is 2.53. The van der Waals surface area contributed by atoms with Crippen LogP contribution in [-0.4, -0.2) is 113 Å². The number of carbonyl (C=O) groups excluding carboxylic acids is 1. The van der Waals surface area contributed by atoms with Gasteiger partial charge in [-0.05, 0) is 24.6 Å². The summed E-state index contributed by atoms with van der Waals surface area (Å²) in [4.78, 5) is 85.8. The summed E-state index contributed by atoms with van der Waals surface area (Å²) in [5, 5.41) is 21.4. The topological polar surface area (TPSA) is 203 Å². The van der Waals surface area contributed by atoms with Crippen LogP contribution < -0.4 is 21.4 Å². The zero-order valence-corrected chi connectivity index (χ0v) is 27.2. The van der Waals surface area contributed by atoms with E-state index in [2.05, 4.69) is 15.1 Å². The Morgan fingerprint density at radius 1 is 1.15 bits per heavy atom. The molecule has 252 valence electrons.